The fourth-order valence-electron chi connectivity index (χ4n) is 0.963. The number of nitrogens with one attached hydrogen (secondary N) is 2. The van der Waals surface area contributed by atoms with Gasteiger partial charge in [0.25, 0.3) is 0 Å². The standard InChI is InChI=1S/C9H16N2O5/c1-6(3-4-8(13)14)11-7(12)5-10-9(15)16-2/h6H,3-5H2,1-2H3,(H,10,15)(H,11,12)(H,13,14). The second-order valence-corrected chi connectivity index (χ2v) is 3.25. The van der Waals surface area contributed by atoms with Crippen LogP contribution in [-0.2, 0) is 14.3 Å². The number of hydrogen-bond acceptors (Lipinski definition) is 4. The lowest BCUT2D eigenvalue weighted by molar-refractivity contribution is -0.137. The number of carbonyl (C=O) groups is 3. The summed E-state index contributed by atoms with van der Waals surface area (Å²) in [5, 5.41) is 13.2. The molecule has 1 unspecified atom stereocenters. The van der Waals surface area contributed by atoms with E-state index < -0.39 is 12.1 Å². The van der Waals surface area contributed by atoms with Crippen molar-refractivity contribution in [3.63, 3.8) is 0 Å². The van der Waals surface area contributed by atoms with Crippen molar-refractivity contribution in [2.75, 3.05) is 13.7 Å². The number of ether oxygens (including phenoxy) is 1. The first-order chi connectivity index (χ1) is 7.45. The number of rotatable bonds is 6. The van der Waals surface area contributed by atoms with E-state index in [4.69, 9.17) is 5.11 Å². The van der Waals surface area contributed by atoms with E-state index in [1.807, 2.05) is 0 Å². The van der Waals surface area contributed by atoms with E-state index in [0.29, 0.717) is 6.42 Å². The predicted molar refractivity (Wildman–Crippen MR) is 54.9 cm³/mol. The van der Waals surface area contributed by atoms with Crippen LogP contribution in [0, 0.1) is 0 Å². The molecular weight excluding hydrogens is 216 g/mol. The Morgan fingerprint density at radius 1 is 1.38 bits per heavy atom. The average Bonchev–Trinajstić information content (AvgIpc) is 2.23. The van der Waals surface area contributed by atoms with Crippen molar-refractivity contribution in [1.29, 1.82) is 0 Å². The van der Waals surface area contributed by atoms with Crippen LogP contribution in [0.4, 0.5) is 4.79 Å². The number of carbonyl (C=O) groups excluding carboxylic acids is 2. The van der Waals surface area contributed by atoms with Crippen LogP contribution in [0.2, 0.25) is 0 Å². The molecule has 92 valence electrons. The van der Waals surface area contributed by atoms with Crippen molar-refractivity contribution in [3.05, 3.63) is 0 Å². The zero-order chi connectivity index (χ0) is 12.6. The van der Waals surface area contributed by atoms with Gasteiger partial charge in [-0.05, 0) is 13.3 Å². The first-order valence-electron chi connectivity index (χ1n) is 4.78. The maximum atomic E-state index is 11.2. The monoisotopic (exact) mass is 232 g/mol. The lowest BCUT2D eigenvalue weighted by Crippen LogP contribution is -2.41. The molecule has 0 aromatic heterocycles. The SMILES string of the molecule is COC(=O)NCC(=O)NC(C)CCC(=O)O. The molecule has 0 bridgehead atoms. The lowest BCUT2D eigenvalue weighted by Gasteiger charge is -2.12. The number of carboxylic acid groups (broad SMARTS) is 1. The fourth-order valence-corrected chi connectivity index (χ4v) is 0.963. The summed E-state index contributed by atoms with van der Waals surface area (Å²) in [6.45, 7) is 1.50. The van der Waals surface area contributed by atoms with Gasteiger partial charge in [0.1, 0.15) is 6.54 Å². The molecule has 0 aliphatic carbocycles. The molecule has 3 N–H and O–H groups in total. The highest BCUT2D eigenvalue weighted by molar-refractivity contribution is 5.82. The lowest BCUT2D eigenvalue weighted by atomic mass is 10.2. The highest BCUT2D eigenvalue weighted by Gasteiger charge is 2.10. The molecule has 0 spiro atoms. The van der Waals surface area contributed by atoms with Crippen molar-refractivity contribution in [1.82, 2.24) is 10.6 Å². The van der Waals surface area contributed by atoms with Gasteiger partial charge in [-0.25, -0.2) is 4.79 Å². The first-order valence-corrected chi connectivity index (χ1v) is 4.78. The Hall–Kier alpha value is -1.79. The largest absolute Gasteiger partial charge is 0.481 e. The van der Waals surface area contributed by atoms with Crippen LogP contribution in [-0.4, -0.2) is 42.8 Å². The Morgan fingerprint density at radius 2 is 2.00 bits per heavy atom. The number of alkyl carbamates (subject to hydrolysis) is 1. The molecule has 0 radical (unpaired) electrons. The van der Waals surface area contributed by atoms with Crippen LogP contribution in [0.3, 0.4) is 0 Å². The number of aliphatic carboxylic acids is 1. The Labute approximate surface area is 93.2 Å². The molecule has 0 heterocycles. The summed E-state index contributed by atoms with van der Waals surface area (Å²) < 4.78 is 4.28. The molecule has 16 heavy (non-hydrogen) atoms. The summed E-state index contributed by atoms with van der Waals surface area (Å²) in [5.41, 5.74) is 0. The second-order valence-electron chi connectivity index (χ2n) is 3.25. The molecule has 0 aromatic carbocycles. The molecule has 0 aromatic rings. The van der Waals surface area contributed by atoms with Gasteiger partial charge in [-0.3, -0.25) is 9.59 Å². The van der Waals surface area contributed by atoms with Gasteiger partial charge >= 0.3 is 12.1 Å². The van der Waals surface area contributed by atoms with Gasteiger partial charge in [-0.2, -0.15) is 0 Å². The van der Waals surface area contributed by atoms with E-state index in [2.05, 4.69) is 15.4 Å². The molecule has 0 saturated carbocycles. The second kappa shape index (κ2) is 7.49. The fraction of sp³-hybridized carbons (Fsp3) is 0.667. The summed E-state index contributed by atoms with van der Waals surface area (Å²) in [6.07, 6.45) is -0.348. The van der Waals surface area contributed by atoms with E-state index in [1.54, 1.807) is 6.92 Å². The molecule has 2 amide bonds. The van der Waals surface area contributed by atoms with Crippen molar-refractivity contribution >= 4 is 18.0 Å². The maximum absolute atomic E-state index is 11.2. The molecule has 7 heteroatoms. The highest BCUT2D eigenvalue weighted by Crippen LogP contribution is 1.95. The molecule has 0 rings (SSSR count). The predicted octanol–water partition coefficient (Wildman–Crippen LogP) is -0.288. The number of carboxylic acids is 1. The van der Waals surface area contributed by atoms with Gasteiger partial charge in [0.15, 0.2) is 0 Å². The van der Waals surface area contributed by atoms with E-state index in [-0.39, 0.29) is 24.9 Å². The summed E-state index contributed by atoms with van der Waals surface area (Å²) in [6, 6.07) is -0.247. The van der Waals surface area contributed by atoms with E-state index >= 15 is 0 Å². The van der Waals surface area contributed by atoms with Crippen LogP contribution in [0.25, 0.3) is 0 Å². The maximum Gasteiger partial charge on any atom is 0.407 e. The summed E-state index contributed by atoms with van der Waals surface area (Å²) in [7, 11) is 1.20. The summed E-state index contributed by atoms with van der Waals surface area (Å²) >= 11 is 0. The quantitative estimate of drug-likeness (QED) is 0.583. The zero-order valence-corrected chi connectivity index (χ0v) is 9.28. The Bertz CT molecular complexity index is 267. The minimum absolute atomic E-state index is 0.00806. The van der Waals surface area contributed by atoms with E-state index in [0.717, 1.165) is 0 Å². The Morgan fingerprint density at radius 3 is 2.50 bits per heavy atom. The third-order valence-corrected chi connectivity index (χ3v) is 1.78. The molecule has 1 atom stereocenters. The molecular formula is C9H16N2O5. The first kappa shape index (κ1) is 14.2. The van der Waals surface area contributed by atoms with Gasteiger partial charge in [-0.1, -0.05) is 0 Å². The van der Waals surface area contributed by atoms with Gasteiger partial charge in [0.05, 0.1) is 7.11 Å². The minimum atomic E-state index is -0.909. The number of amides is 2. The zero-order valence-electron chi connectivity index (χ0n) is 9.28. The van der Waals surface area contributed by atoms with Crippen LogP contribution < -0.4 is 10.6 Å². The van der Waals surface area contributed by atoms with E-state index in [1.165, 1.54) is 7.11 Å². The summed E-state index contributed by atoms with van der Waals surface area (Å²) in [5.74, 6) is -1.29. The molecule has 7 nitrogen and oxygen atoms in total. The minimum Gasteiger partial charge on any atom is -0.481 e. The average molecular weight is 232 g/mol. The van der Waals surface area contributed by atoms with Crippen molar-refractivity contribution in [3.8, 4) is 0 Å². The van der Waals surface area contributed by atoms with Crippen LogP contribution in [0.15, 0.2) is 0 Å². The third-order valence-electron chi connectivity index (χ3n) is 1.78. The van der Waals surface area contributed by atoms with Crippen molar-refractivity contribution in [2.24, 2.45) is 0 Å². The van der Waals surface area contributed by atoms with Gasteiger partial charge in [-0.15, -0.1) is 0 Å². The Kier molecular flexibility index (Phi) is 6.66. The van der Waals surface area contributed by atoms with Crippen LogP contribution in [0.5, 0.6) is 0 Å². The highest BCUT2D eigenvalue weighted by atomic mass is 16.5. The van der Waals surface area contributed by atoms with Crippen LogP contribution in [0.1, 0.15) is 19.8 Å². The normalized spacial score (nSPS) is 11.4. The molecule has 0 aliphatic heterocycles. The molecule has 0 saturated heterocycles. The van der Waals surface area contributed by atoms with Crippen molar-refractivity contribution < 1.29 is 24.2 Å². The number of methoxy groups -OCH3 is 1. The van der Waals surface area contributed by atoms with Gasteiger partial charge in [0, 0.05) is 12.5 Å². The summed E-state index contributed by atoms with van der Waals surface area (Å²) in [4.78, 5) is 32.1. The molecule has 0 fully saturated rings. The third kappa shape index (κ3) is 7.60. The van der Waals surface area contributed by atoms with Gasteiger partial charge < -0.3 is 20.5 Å². The van der Waals surface area contributed by atoms with E-state index in [9.17, 15) is 14.4 Å². The van der Waals surface area contributed by atoms with Gasteiger partial charge in [0.2, 0.25) is 5.91 Å². The molecule has 0 aliphatic rings. The van der Waals surface area contributed by atoms with Crippen LogP contribution >= 0.6 is 0 Å². The number of hydrogen-bond donors (Lipinski definition) is 3. The van der Waals surface area contributed by atoms with Crippen molar-refractivity contribution in [2.45, 2.75) is 25.8 Å². The topological polar surface area (TPSA) is 105 Å². The smallest absolute Gasteiger partial charge is 0.407 e. The Balaban J connectivity index is 3.69.